The van der Waals surface area contributed by atoms with E-state index in [1.807, 2.05) is 0 Å². The molecule has 37 heavy (non-hydrogen) atoms. The van der Waals surface area contributed by atoms with Crippen molar-refractivity contribution in [3.63, 3.8) is 0 Å². The molecule has 12 heteroatoms. The molecule has 0 fully saturated rings. The van der Waals surface area contributed by atoms with Gasteiger partial charge in [0.2, 0.25) is 0 Å². The van der Waals surface area contributed by atoms with Crippen LogP contribution in [0.25, 0.3) is 0 Å². The van der Waals surface area contributed by atoms with Crippen molar-refractivity contribution in [2.45, 2.75) is 16.7 Å². The summed E-state index contributed by atoms with van der Waals surface area (Å²) in [4.78, 5) is 32.5. The van der Waals surface area contributed by atoms with Gasteiger partial charge in [0, 0.05) is 50.6 Å². The maximum Gasteiger partial charge on any atom is 0.275 e. The molecule has 1 aromatic heterocycles. The van der Waals surface area contributed by atoms with Crippen LogP contribution in [0.1, 0.15) is 21.5 Å². The molecular formula is C25H17Cl2N5O4S. The highest BCUT2D eigenvalue weighted by atomic mass is 35.5. The Labute approximate surface area is 225 Å². The molecule has 1 heterocycles. The Morgan fingerprint density at radius 1 is 1.08 bits per heavy atom. The summed E-state index contributed by atoms with van der Waals surface area (Å²) in [6.45, 7) is 0.124. The zero-order valence-electron chi connectivity index (χ0n) is 18.9. The van der Waals surface area contributed by atoms with E-state index in [0.717, 1.165) is 0 Å². The van der Waals surface area contributed by atoms with E-state index in [4.69, 9.17) is 27.9 Å². The average Bonchev–Trinajstić information content (AvgIpc) is 2.89. The number of nitro groups is 1. The van der Waals surface area contributed by atoms with E-state index in [-0.39, 0.29) is 17.9 Å². The number of hydrogen-bond acceptors (Lipinski definition) is 8. The SMILES string of the molecule is O=C(N/N=C/c1cc([N+](=O)[O-])ccc1Sc1ncccn1)c1ccccc1OCc1ccc(Cl)cc1Cl. The average molecular weight is 554 g/mol. The number of nitrogens with zero attached hydrogens (tertiary/aromatic N) is 4. The molecular weight excluding hydrogens is 537 g/mol. The molecule has 0 aliphatic carbocycles. The van der Waals surface area contributed by atoms with E-state index in [1.54, 1.807) is 67.0 Å². The Kier molecular flexibility index (Phi) is 8.68. The molecule has 3 aromatic carbocycles. The van der Waals surface area contributed by atoms with Gasteiger partial charge in [-0.2, -0.15) is 5.10 Å². The number of nitrogens with one attached hydrogen (secondary N) is 1. The lowest BCUT2D eigenvalue weighted by Gasteiger charge is -2.11. The molecule has 1 amide bonds. The molecule has 0 unspecified atom stereocenters. The summed E-state index contributed by atoms with van der Waals surface area (Å²) in [5.74, 6) is -0.200. The fourth-order valence-electron chi connectivity index (χ4n) is 3.07. The number of amides is 1. The predicted octanol–water partition coefficient (Wildman–Crippen LogP) is 6.19. The Morgan fingerprint density at radius 3 is 2.62 bits per heavy atom. The maximum absolute atomic E-state index is 12.8. The van der Waals surface area contributed by atoms with Gasteiger partial charge in [-0.15, -0.1) is 0 Å². The molecule has 0 saturated carbocycles. The molecule has 186 valence electrons. The van der Waals surface area contributed by atoms with Crippen molar-refractivity contribution in [2.24, 2.45) is 5.10 Å². The normalized spacial score (nSPS) is 10.9. The standard InChI is InChI=1S/C25H17Cl2N5O4S/c26-18-7-6-16(21(27)13-18)15-36-22-5-2-1-4-20(22)24(33)31-30-14-17-12-19(32(34)35)8-9-23(17)37-25-28-10-3-11-29-25/h1-14H,15H2,(H,31,33)/b30-14+. The number of ether oxygens (including phenoxy) is 1. The number of hydrogen-bond donors (Lipinski definition) is 1. The van der Waals surface area contributed by atoms with Crippen LogP contribution in [0.3, 0.4) is 0 Å². The van der Waals surface area contributed by atoms with Crippen molar-refractivity contribution in [3.8, 4) is 5.75 Å². The second-order valence-corrected chi connectivity index (χ2v) is 9.19. The highest BCUT2D eigenvalue weighted by molar-refractivity contribution is 7.99. The largest absolute Gasteiger partial charge is 0.488 e. The van der Waals surface area contributed by atoms with Gasteiger partial charge in [-0.05, 0) is 48.2 Å². The van der Waals surface area contributed by atoms with Crippen LogP contribution < -0.4 is 10.2 Å². The number of carbonyl (C=O) groups excluding carboxylic acids is 1. The van der Waals surface area contributed by atoms with Crippen LogP contribution in [0.2, 0.25) is 10.0 Å². The summed E-state index contributed by atoms with van der Waals surface area (Å²) >= 11 is 13.4. The number of hydrazone groups is 1. The van der Waals surface area contributed by atoms with E-state index in [9.17, 15) is 14.9 Å². The maximum atomic E-state index is 12.8. The molecule has 0 saturated heterocycles. The van der Waals surface area contributed by atoms with E-state index in [2.05, 4.69) is 20.5 Å². The van der Waals surface area contributed by atoms with E-state index in [1.165, 1.54) is 30.1 Å². The first-order chi connectivity index (χ1) is 17.9. The molecule has 0 aliphatic heterocycles. The number of rotatable bonds is 9. The Balaban J connectivity index is 1.49. The zero-order chi connectivity index (χ0) is 26.2. The molecule has 4 rings (SSSR count). The van der Waals surface area contributed by atoms with Gasteiger partial charge in [0.05, 0.1) is 16.7 Å². The summed E-state index contributed by atoms with van der Waals surface area (Å²) in [5, 5.41) is 16.7. The highest BCUT2D eigenvalue weighted by Crippen LogP contribution is 2.29. The van der Waals surface area contributed by atoms with Gasteiger partial charge in [-0.1, -0.05) is 41.4 Å². The van der Waals surface area contributed by atoms with Crippen LogP contribution in [0.5, 0.6) is 5.75 Å². The second kappa shape index (κ2) is 12.3. The van der Waals surface area contributed by atoms with Crippen LogP contribution in [0, 0.1) is 10.1 Å². The van der Waals surface area contributed by atoms with Gasteiger partial charge in [0.1, 0.15) is 12.4 Å². The van der Waals surface area contributed by atoms with Crippen molar-refractivity contribution in [1.82, 2.24) is 15.4 Å². The minimum Gasteiger partial charge on any atom is -0.488 e. The Hall–Kier alpha value is -3.99. The lowest BCUT2D eigenvalue weighted by molar-refractivity contribution is -0.384. The van der Waals surface area contributed by atoms with Gasteiger partial charge >= 0.3 is 0 Å². The lowest BCUT2D eigenvalue weighted by atomic mass is 10.2. The number of aromatic nitrogens is 2. The van der Waals surface area contributed by atoms with Gasteiger partial charge < -0.3 is 4.74 Å². The quantitative estimate of drug-likeness (QED) is 0.113. The minimum atomic E-state index is -0.528. The van der Waals surface area contributed by atoms with Crippen molar-refractivity contribution >= 4 is 52.8 Å². The predicted molar refractivity (Wildman–Crippen MR) is 142 cm³/mol. The van der Waals surface area contributed by atoms with Gasteiger partial charge in [0.15, 0.2) is 5.16 Å². The second-order valence-electron chi connectivity index (χ2n) is 7.33. The number of halogens is 2. The van der Waals surface area contributed by atoms with Crippen molar-refractivity contribution in [2.75, 3.05) is 0 Å². The Morgan fingerprint density at radius 2 is 1.86 bits per heavy atom. The third-order valence-electron chi connectivity index (χ3n) is 4.85. The van der Waals surface area contributed by atoms with Gasteiger partial charge in [0.25, 0.3) is 11.6 Å². The number of carbonyl (C=O) groups is 1. The summed E-state index contributed by atoms with van der Waals surface area (Å²) in [7, 11) is 0. The highest BCUT2D eigenvalue weighted by Gasteiger charge is 2.14. The summed E-state index contributed by atoms with van der Waals surface area (Å²) < 4.78 is 5.82. The summed E-state index contributed by atoms with van der Waals surface area (Å²) in [6, 6.07) is 17.7. The number of nitro benzene ring substituents is 1. The van der Waals surface area contributed by atoms with E-state index >= 15 is 0 Å². The van der Waals surface area contributed by atoms with Crippen LogP contribution in [-0.2, 0) is 6.61 Å². The van der Waals surface area contributed by atoms with Gasteiger partial charge in [-0.25, -0.2) is 15.4 Å². The summed E-state index contributed by atoms with van der Waals surface area (Å²) in [6.07, 6.45) is 4.51. The fraction of sp³-hybridized carbons (Fsp3) is 0.0400. The fourth-order valence-corrected chi connectivity index (χ4v) is 4.33. The van der Waals surface area contributed by atoms with E-state index in [0.29, 0.717) is 37.0 Å². The minimum absolute atomic E-state index is 0.120. The molecule has 0 atom stereocenters. The van der Waals surface area contributed by atoms with Crippen molar-refractivity contribution in [1.29, 1.82) is 0 Å². The molecule has 0 spiro atoms. The topological polar surface area (TPSA) is 120 Å². The molecule has 1 N–H and O–H groups in total. The first-order valence-corrected chi connectivity index (χ1v) is 12.2. The molecule has 4 aromatic rings. The van der Waals surface area contributed by atoms with Crippen molar-refractivity contribution < 1.29 is 14.5 Å². The van der Waals surface area contributed by atoms with Crippen LogP contribution in [0.4, 0.5) is 5.69 Å². The first-order valence-electron chi connectivity index (χ1n) is 10.6. The lowest BCUT2D eigenvalue weighted by Crippen LogP contribution is -2.18. The van der Waals surface area contributed by atoms with E-state index < -0.39 is 10.8 Å². The molecule has 0 aliphatic rings. The number of benzene rings is 3. The third-order valence-corrected chi connectivity index (χ3v) is 6.42. The first kappa shape index (κ1) is 26.1. The van der Waals surface area contributed by atoms with Gasteiger partial charge in [-0.3, -0.25) is 14.9 Å². The zero-order valence-corrected chi connectivity index (χ0v) is 21.2. The number of para-hydroxylation sites is 1. The third kappa shape index (κ3) is 7.04. The molecule has 0 radical (unpaired) electrons. The molecule has 0 bridgehead atoms. The number of non-ortho nitro benzene ring substituents is 1. The van der Waals surface area contributed by atoms with Crippen LogP contribution >= 0.6 is 35.0 Å². The Bertz CT molecular complexity index is 1470. The van der Waals surface area contributed by atoms with Crippen LogP contribution in [-0.4, -0.2) is 27.0 Å². The smallest absolute Gasteiger partial charge is 0.275 e. The van der Waals surface area contributed by atoms with Crippen LogP contribution in [0.15, 0.2) is 94.3 Å². The summed E-state index contributed by atoms with van der Waals surface area (Å²) in [5.41, 5.74) is 3.68. The molecule has 9 nitrogen and oxygen atoms in total. The van der Waals surface area contributed by atoms with Crippen molar-refractivity contribution in [3.05, 3.63) is 116 Å². The monoisotopic (exact) mass is 553 g/mol.